The first-order chi connectivity index (χ1) is 15.1. The highest BCUT2D eigenvalue weighted by atomic mass is 35.5. The monoisotopic (exact) mass is 459 g/mol. The minimum absolute atomic E-state index is 0.0651. The van der Waals surface area contributed by atoms with Crippen LogP contribution in [0.15, 0.2) is 48.7 Å². The number of aromatic nitrogens is 2. The Morgan fingerprint density at radius 2 is 1.90 bits per heavy atom. The number of anilines is 3. The summed E-state index contributed by atoms with van der Waals surface area (Å²) >= 11 is 12.5. The quantitative estimate of drug-likeness (QED) is 0.513. The van der Waals surface area contributed by atoms with E-state index in [0.29, 0.717) is 28.3 Å². The van der Waals surface area contributed by atoms with Gasteiger partial charge in [0, 0.05) is 18.4 Å². The molecule has 2 aromatic carbocycles. The van der Waals surface area contributed by atoms with Gasteiger partial charge in [0.05, 0.1) is 15.7 Å². The van der Waals surface area contributed by atoms with Gasteiger partial charge >= 0.3 is 0 Å². The lowest BCUT2D eigenvalue weighted by atomic mass is 10.2. The van der Waals surface area contributed by atoms with Crippen LogP contribution in [-0.2, 0) is 0 Å². The predicted octanol–water partition coefficient (Wildman–Crippen LogP) is 4.12. The maximum atomic E-state index is 12.9. The molecule has 0 saturated carbocycles. The second kappa shape index (κ2) is 9.38. The average Bonchev–Trinajstić information content (AvgIpc) is 2.76. The first kappa shape index (κ1) is 21.2. The van der Waals surface area contributed by atoms with Crippen LogP contribution in [0.2, 0.25) is 10.0 Å². The molecule has 3 aromatic rings. The highest BCUT2D eigenvalue weighted by Crippen LogP contribution is 2.37. The minimum Gasteiger partial charge on any atom is -0.492 e. The Balaban J connectivity index is 1.48. The number of benzene rings is 2. The number of hydrogen-bond acceptors (Lipinski definition) is 7. The number of para-hydroxylation sites is 1. The molecule has 10 heteroatoms. The Kier molecular flexibility index (Phi) is 6.41. The Labute approximate surface area is 189 Å². The molecule has 0 saturated heterocycles. The zero-order valence-electron chi connectivity index (χ0n) is 16.6. The van der Waals surface area contributed by atoms with Crippen molar-refractivity contribution in [2.24, 2.45) is 0 Å². The number of hydrogen-bond donors (Lipinski definition) is 2. The summed E-state index contributed by atoms with van der Waals surface area (Å²) in [6, 6.07) is 12.4. The van der Waals surface area contributed by atoms with Crippen LogP contribution in [0.4, 0.5) is 17.3 Å². The van der Waals surface area contributed by atoms with E-state index < -0.39 is 0 Å². The Hall–Kier alpha value is -3.07. The Morgan fingerprint density at radius 3 is 2.61 bits per heavy atom. The van der Waals surface area contributed by atoms with Gasteiger partial charge in [0.15, 0.2) is 6.73 Å². The van der Waals surface area contributed by atoms with Gasteiger partial charge in [-0.3, -0.25) is 9.69 Å². The Morgan fingerprint density at radius 1 is 1.16 bits per heavy atom. The van der Waals surface area contributed by atoms with E-state index >= 15 is 0 Å². The van der Waals surface area contributed by atoms with Gasteiger partial charge in [-0.25, -0.2) is 4.98 Å². The molecule has 0 atom stereocenters. The first-order valence-corrected chi connectivity index (χ1v) is 10.2. The molecule has 0 unspecified atom stereocenters. The first-order valence-electron chi connectivity index (χ1n) is 9.47. The largest absolute Gasteiger partial charge is 0.492 e. The number of amides is 1. The highest BCUT2D eigenvalue weighted by Gasteiger charge is 2.31. The summed E-state index contributed by atoms with van der Waals surface area (Å²) in [6.07, 6.45) is 1.42. The summed E-state index contributed by atoms with van der Waals surface area (Å²) in [6.45, 7) is 1.28. The molecule has 0 spiro atoms. The zero-order chi connectivity index (χ0) is 21.8. The second-order valence-electron chi connectivity index (χ2n) is 6.59. The standard InChI is InChI=1S/C21H19Cl2N5O3/c1-24-9-10-30-14-7-5-13(6-8-14)26-21-25-11-15-19(27-21)31-12-28(20(15)29)18-16(22)3-2-4-17(18)23/h2-8,11,24H,9-10,12H2,1H3,(H,25,26,27). The van der Waals surface area contributed by atoms with Gasteiger partial charge < -0.3 is 20.1 Å². The van der Waals surface area contributed by atoms with Crippen molar-refractivity contribution >= 4 is 46.4 Å². The summed E-state index contributed by atoms with van der Waals surface area (Å²) in [7, 11) is 1.87. The van der Waals surface area contributed by atoms with E-state index in [1.54, 1.807) is 18.2 Å². The number of nitrogens with zero attached hydrogens (tertiary/aromatic N) is 3. The molecule has 31 heavy (non-hydrogen) atoms. The molecule has 8 nitrogen and oxygen atoms in total. The van der Waals surface area contributed by atoms with Gasteiger partial charge in [0.1, 0.15) is 17.9 Å². The lowest BCUT2D eigenvalue weighted by Gasteiger charge is -2.29. The third kappa shape index (κ3) is 4.66. The van der Waals surface area contributed by atoms with Crippen molar-refractivity contribution in [1.29, 1.82) is 0 Å². The topological polar surface area (TPSA) is 88.6 Å². The van der Waals surface area contributed by atoms with Crippen LogP contribution in [0, 0.1) is 0 Å². The van der Waals surface area contributed by atoms with Crippen LogP contribution in [0.1, 0.15) is 10.4 Å². The van der Waals surface area contributed by atoms with E-state index in [-0.39, 0.29) is 24.1 Å². The van der Waals surface area contributed by atoms with Crippen molar-refractivity contribution in [3.8, 4) is 11.6 Å². The van der Waals surface area contributed by atoms with Gasteiger partial charge in [0.25, 0.3) is 5.91 Å². The van der Waals surface area contributed by atoms with Gasteiger partial charge in [-0.1, -0.05) is 29.3 Å². The molecule has 1 amide bonds. The van der Waals surface area contributed by atoms with Crippen LogP contribution in [0.25, 0.3) is 0 Å². The molecular weight excluding hydrogens is 441 g/mol. The van der Waals surface area contributed by atoms with Crippen LogP contribution in [0.3, 0.4) is 0 Å². The number of halogens is 2. The van der Waals surface area contributed by atoms with E-state index in [4.69, 9.17) is 32.7 Å². The summed E-state index contributed by atoms with van der Waals surface area (Å²) in [5.74, 6) is 0.916. The molecular formula is C21H19Cl2N5O3. The molecule has 1 aliphatic heterocycles. The van der Waals surface area contributed by atoms with Crippen molar-refractivity contribution in [2.45, 2.75) is 0 Å². The molecule has 1 aliphatic rings. The van der Waals surface area contributed by atoms with E-state index in [0.717, 1.165) is 18.0 Å². The Bertz CT molecular complexity index is 1070. The van der Waals surface area contributed by atoms with Crippen LogP contribution in [-0.4, -0.2) is 42.8 Å². The third-order valence-electron chi connectivity index (χ3n) is 4.50. The van der Waals surface area contributed by atoms with Crippen molar-refractivity contribution < 1.29 is 14.3 Å². The summed E-state index contributed by atoms with van der Waals surface area (Å²) in [4.78, 5) is 22.9. The van der Waals surface area contributed by atoms with Gasteiger partial charge in [-0.2, -0.15) is 4.98 Å². The number of fused-ring (bicyclic) bond motifs is 1. The highest BCUT2D eigenvalue weighted by molar-refractivity contribution is 6.40. The molecule has 2 heterocycles. The molecule has 1 aromatic heterocycles. The minimum atomic E-state index is -0.342. The zero-order valence-corrected chi connectivity index (χ0v) is 18.1. The number of ether oxygens (including phenoxy) is 2. The fourth-order valence-electron chi connectivity index (χ4n) is 2.96. The maximum Gasteiger partial charge on any atom is 0.268 e. The molecule has 0 bridgehead atoms. The summed E-state index contributed by atoms with van der Waals surface area (Å²) in [5.41, 5.74) is 1.38. The molecule has 0 radical (unpaired) electrons. The summed E-state index contributed by atoms with van der Waals surface area (Å²) < 4.78 is 11.3. The van der Waals surface area contributed by atoms with Crippen LogP contribution in [0.5, 0.6) is 11.6 Å². The van der Waals surface area contributed by atoms with Crippen molar-refractivity contribution in [1.82, 2.24) is 15.3 Å². The number of rotatable bonds is 7. The summed E-state index contributed by atoms with van der Waals surface area (Å²) in [5, 5.41) is 6.81. The smallest absolute Gasteiger partial charge is 0.268 e. The molecule has 0 aliphatic carbocycles. The van der Waals surface area contributed by atoms with E-state index in [1.165, 1.54) is 11.1 Å². The molecule has 0 fully saturated rings. The van der Waals surface area contributed by atoms with Crippen LogP contribution >= 0.6 is 23.2 Å². The molecule has 160 valence electrons. The van der Waals surface area contributed by atoms with Gasteiger partial charge in [0.2, 0.25) is 11.8 Å². The SMILES string of the molecule is CNCCOc1ccc(Nc2ncc3c(n2)OCN(c2c(Cl)cccc2Cl)C3=O)cc1. The average molecular weight is 460 g/mol. The van der Waals surface area contributed by atoms with Gasteiger partial charge in [-0.05, 0) is 43.4 Å². The normalized spacial score (nSPS) is 12.9. The van der Waals surface area contributed by atoms with Crippen molar-refractivity contribution in [3.63, 3.8) is 0 Å². The van der Waals surface area contributed by atoms with E-state index in [9.17, 15) is 4.79 Å². The lowest BCUT2D eigenvalue weighted by Crippen LogP contribution is -2.39. The van der Waals surface area contributed by atoms with Gasteiger partial charge in [-0.15, -0.1) is 0 Å². The number of carbonyl (C=O) groups excluding carboxylic acids is 1. The maximum absolute atomic E-state index is 12.9. The fourth-order valence-corrected chi connectivity index (χ4v) is 3.56. The number of likely N-dealkylation sites (N-methyl/N-ethyl adjacent to an activating group) is 1. The van der Waals surface area contributed by atoms with E-state index in [2.05, 4.69) is 20.6 Å². The van der Waals surface area contributed by atoms with Crippen molar-refractivity contribution in [3.05, 3.63) is 64.3 Å². The predicted molar refractivity (Wildman–Crippen MR) is 120 cm³/mol. The van der Waals surface area contributed by atoms with Crippen LogP contribution < -0.4 is 25.0 Å². The molecule has 2 N–H and O–H groups in total. The van der Waals surface area contributed by atoms with E-state index in [1.807, 2.05) is 31.3 Å². The number of nitrogens with one attached hydrogen (secondary N) is 2. The lowest BCUT2D eigenvalue weighted by molar-refractivity contribution is 0.0932. The third-order valence-corrected chi connectivity index (χ3v) is 5.11. The number of carbonyl (C=O) groups is 1. The van der Waals surface area contributed by atoms with Crippen molar-refractivity contribution in [2.75, 3.05) is 37.1 Å². The molecule has 4 rings (SSSR count). The fraction of sp³-hybridized carbons (Fsp3) is 0.190. The second-order valence-corrected chi connectivity index (χ2v) is 7.41.